The summed E-state index contributed by atoms with van der Waals surface area (Å²) in [6, 6.07) is -2.78. The molecule has 5 amide bonds. The second-order valence-electron chi connectivity index (χ2n) is 14.2. The molecule has 12 nitrogen and oxygen atoms in total. The van der Waals surface area contributed by atoms with Crippen molar-refractivity contribution in [3.63, 3.8) is 0 Å². The van der Waals surface area contributed by atoms with Crippen LogP contribution in [0.3, 0.4) is 0 Å². The minimum Gasteiger partial charge on any atom is -0.444 e. The summed E-state index contributed by atoms with van der Waals surface area (Å²) in [5.74, 6) is -3.09. The van der Waals surface area contributed by atoms with Crippen LogP contribution in [0.15, 0.2) is 0 Å². The second-order valence-corrected chi connectivity index (χ2v) is 14.2. The first-order valence-corrected chi connectivity index (χ1v) is 16.3. The van der Waals surface area contributed by atoms with Crippen molar-refractivity contribution in [3.05, 3.63) is 0 Å². The normalized spacial score (nSPS) is 23.9. The predicted octanol–water partition coefficient (Wildman–Crippen LogP) is 2.44. The topological polar surface area (TPSA) is 163 Å². The van der Waals surface area contributed by atoms with E-state index in [9.17, 15) is 28.8 Å². The van der Waals surface area contributed by atoms with Gasteiger partial charge >= 0.3 is 6.09 Å². The van der Waals surface area contributed by atoms with Crippen molar-refractivity contribution in [2.75, 3.05) is 19.6 Å². The van der Waals surface area contributed by atoms with Crippen LogP contribution in [0.4, 0.5) is 4.79 Å². The Labute approximate surface area is 261 Å². The number of nitrogens with one attached hydrogen (secondary N) is 4. The van der Waals surface area contributed by atoms with E-state index in [4.69, 9.17) is 4.74 Å². The highest BCUT2D eigenvalue weighted by molar-refractivity contribution is 6.38. The third-order valence-corrected chi connectivity index (χ3v) is 9.24. The number of Topliss-reactive ketones (excluding diaryl/α,β-unsaturated/α-hetero) is 1. The van der Waals surface area contributed by atoms with Crippen molar-refractivity contribution in [1.29, 1.82) is 0 Å². The quantitative estimate of drug-likeness (QED) is 0.230. The van der Waals surface area contributed by atoms with Crippen molar-refractivity contribution < 1.29 is 33.5 Å². The molecule has 12 heteroatoms. The smallest absolute Gasteiger partial charge is 0.408 e. The number of ketones is 1. The van der Waals surface area contributed by atoms with Gasteiger partial charge in [0.25, 0.3) is 5.91 Å². The van der Waals surface area contributed by atoms with E-state index < -0.39 is 53.3 Å². The maximum atomic E-state index is 14.2. The number of hydrogen-bond acceptors (Lipinski definition) is 7. The van der Waals surface area contributed by atoms with Crippen LogP contribution in [0.2, 0.25) is 0 Å². The number of amides is 5. The van der Waals surface area contributed by atoms with Gasteiger partial charge in [0, 0.05) is 13.1 Å². The van der Waals surface area contributed by atoms with Crippen molar-refractivity contribution in [3.8, 4) is 0 Å². The molecule has 2 aliphatic carbocycles. The van der Waals surface area contributed by atoms with Crippen LogP contribution in [0.25, 0.3) is 0 Å². The maximum Gasteiger partial charge on any atom is 0.408 e. The predicted molar refractivity (Wildman–Crippen MR) is 164 cm³/mol. The molecule has 0 aromatic carbocycles. The van der Waals surface area contributed by atoms with Gasteiger partial charge in [0.15, 0.2) is 0 Å². The molecule has 0 aromatic rings. The van der Waals surface area contributed by atoms with Crippen LogP contribution in [-0.2, 0) is 28.7 Å². The fourth-order valence-electron chi connectivity index (χ4n) is 6.82. The third kappa shape index (κ3) is 8.72. The average molecular weight is 620 g/mol. The molecule has 4 N–H and O–H groups in total. The number of fused-ring (bicyclic) bond motifs is 1. The summed E-state index contributed by atoms with van der Waals surface area (Å²) < 4.78 is 5.49. The summed E-state index contributed by atoms with van der Waals surface area (Å²) in [5.41, 5.74) is -0.913. The van der Waals surface area contributed by atoms with Gasteiger partial charge in [-0.15, -0.1) is 0 Å². The summed E-state index contributed by atoms with van der Waals surface area (Å²) in [4.78, 5) is 80.2. The summed E-state index contributed by atoms with van der Waals surface area (Å²) in [7, 11) is 0. The van der Waals surface area contributed by atoms with Crippen LogP contribution < -0.4 is 21.3 Å². The molecular formula is C32H53N5O7. The van der Waals surface area contributed by atoms with Crippen LogP contribution in [-0.4, -0.2) is 83.8 Å². The summed E-state index contributed by atoms with van der Waals surface area (Å²) in [5, 5.41) is 10.6. The Balaban J connectivity index is 1.78. The number of hydrogen-bond donors (Lipinski definition) is 4. The fourth-order valence-corrected chi connectivity index (χ4v) is 6.82. The van der Waals surface area contributed by atoms with Gasteiger partial charge in [-0.05, 0) is 69.6 Å². The van der Waals surface area contributed by atoms with Gasteiger partial charge in [0.1, 0.15) is 17.7 Å². The number of ether oxygens (including phenoxy) is 1. The minimum absolute atomic E-state index is 0.0787. The molecule has 3 unspecified atom stereocenters. The zero-order chi connectivity index (χ0) is 32.8. The highest BCUT2D eigenvalue weighted by atomic mass is 16.6. The molecule has 0 radical (unpaired) electrons. The molecule has 5 atom stereocenters. The Morgan fingerprint density at radius 3 is 2.18 bits per heavy atom. The first-order chi connectivity index (χ1) is 20.6. The van der Waals surface area contributed by atoms with Gasteiger partial charge in [-0.2, -0.15) is 0 Å². The first-order valence-electron chi connectivity index (χ1n) is 16.3. The van der Waals surface area contributed by atoms with E-state index in [0.717, 1.165) is 38.5 Å². The largest absolute Gasteiger partial charge is 0.444 e. The second kappa shape index (κ2) is 14.7. The molecule has 1 aliphatic heterocycles. The molecule has 0 spiro atoms. The summed E-state index contributed by atoms with van der Waals surface area (Å²) in [6.07, 6.45) is 5.36. The highest BCUT2D eigenvalue weighted by Crippen LogP contribution is 2.65. The Hall–Kier alpha value is -3.18. The van der Waals surface area contributed by atoms with Crippen molar-refractivity contribution in [2.45, 2.75) is 124 Å². The molecular weight excluding hydrogens is 566 g/mol. The number of nitrogens with zero attached hydrogens (tertiary/aromatic N) is 1. The number of carbonyl (C=O) groups excluding carboxylic acids is 6. The van der Waals surface area contributed by atoms with Gasteiger partial charge in [-0.1, -0.05) is 53.4 Å². The van der Waals surface area contributed by atoms with Crippen molar-refractivity contribution in [2.24, 2.45) is 23.2 Å². The van der Waals surface area contributed by atoms with Gasteiger partial charge in [-0.25, -0.2) is 4.79 Å². The molecule has 44 heavy (non-hydrogen) atoms. The lowest BCUT2D eigenvalue weighted by atomic mass is 9.83. The van der Waals surface area contributed by atoms with E-state index in [0.29, 0.717) is 19.5 Å². The van der Waals surface area contributed by atoms with E-state index >= 15 is 0 Å². The summed E-state index contributed by atoms with van der Waals surface area (Å²) in [6.45, 7) is 13.6. The average Bonchev–Trinajstić information content (AvgIpc) is 3.28. The first kappa shape index (κ1) is 35.3. The highest BCUT2D eigenvalue weighted by Gasteiger charge is 2.69. The Kier molecular flexibility index (Phi) is 11.8. The number of carbonyl (C=O) groups is 6. The van der Waals surface area contributed by atoms with E-state index in [1.807, 2.05) is 13.8 Å². The third-order valence-electron chi connectivity index (χ3n) is 9.24. The number of rotatable bonds is 13. The van der Waals surface area contributed by atoms with Crippen molar-refractivity contribution in [1.82, 2.24) is 26.2 Å². The van der Waals surface area contributed by atoms with Gasteiger partial charge < -0.3 is 30.9 Å². The van der Waals surface area contributed by atoms with Gasteiger partial charge in [-0.3, -0.25) is 24.0 Å². The zero-order valence-electron chi connectivity index (χ0n) is 27.5. The standard InChI is InChI=1S/C32H53N5O7/c1-8-13-21(26(39)28(41)34-17-22(38)33-16-9-2)35-27(40)25-23-20(32(23,6)7)18-37(25)29(42)24(19-14-11-10-12-15-19)36-30(43)44-31(3,4)5/h19-21,23-25H,8-18H2,1-7H3,(H,33,38)(H,34,41)(H,35,40)(H,36,43)/t20?,21?,23?,24-,25-/m0/s1. The van der Waals surface area contributed by atoms with Gasteiger partial charge in [0.2, 0.25) is 23.5 Å². The Morgan fingerprint density at radius 1 is 0.932 bits per heavy atom. The van der Waals surface area contributed by atoms with Crippen molar-refractivity contribution >= 4 is 35.5 Å². The molecule has 0 aromatic heterocycles. The van der Waals surface area contributed by atoms with Crippen LogP contribution in [0.5, 0.6) is 0 Å². The lowest BCUT2D eigenvalue weighted by Crippen LogP contribution is -2.60. The SMILES string of the molecule is CCCNC(=O)CNC(=O)C(=O)C(CCC)NC(=O)[C@@H]1C2C(CN1C(=O)[C@@H](NC(=O)OC(C)(C)C)C1CCCCC1)C2(C)C. The number of piperidine rings is 1. The molecule has 1 saturated heterocycles. The Bertz CT molecular complexity index is 1100. The lowest BCUT2D eigenvalue weighted by molar-refractivity contribution is -0.145. The number of likely N-dealkylation sites (tertiary alicyclic amines) is 1. The van der Waals surface area contributed by atoms with Crippen LogP contribution in [0.1, 0.15) is 99.8 Å². The molecule has 248 valence electrons. The molecule has 1 heterocycles. The lowest BCUT2D eigenvalue weighted by Gasteiger charge is -2.37. The van der Waals surface area contributed by atoms with Crippen LogP contribution >= 0.6 is 0 Å². The molecule has 2 saturated carbocycles. The minimum atomic E-state index is -1.10. The van der Waals surface area contributed by atoms with E-state index in [1.54, 1.807) is 25.7 Å². The fraction of sp³-hybridized carbons (Fsp3) is 0.812. The number of alkyl carbamates (subject to hydrolysis) is 1. The van der Waals surface area contributed by atoms with Crippen LogP contribution in [0, 0.1) is 23.2 Å². The van der Waals surface area contributed by atoms with E-state index in [-0.39, 0.29) is 42.0 Å². The maximum absolute atomic E-state index is 14.2. The van der Waals surface area contributed by atoms with E-state index in [2.05, 4.69) is 35.1 Å². The molecule has 3 rings (SSSR count). The van der Waals surface area contributed by atoms with Gasteiger partial charge in [0.05, 0.1) is 12.6 Å². The Morgan fingerprint density at radius 2 is 1.59 bits per heavy atom. The zero-order valence-corrected chi connectivity index (χ0v) is 27.5. The molecule has 0 bridgehead atoms. The van der Waals surface area contributed by atoms with E-state index in [1.165, 1.54) is 0 Å². The monoisotopic (exact) mass is 619 g/mol. The molecule has 3 fully saturated rings. The molecule has 3 aliphatic rings. The summed E-state index contributed by atoms with van der Waals surface area (Å²) >= 11 is 0.